The van der Waals surface area contributed by atoms with Gasteiger partial charge in [-0.15, -0.1) is 0 Å². The fourth-order valence-corrected chi connectivity index (χ4v) is 7.04. The first kappa shape index (κ1) is 27.2. The molecular formula is C29H31ClN4O4S. The Morgan fingerprint density at radius 2 is 1.82 bits per heavy atom. The summed E-state index contributed by atoms with van der Waals surface area (Å²) in [6.07, 6.45) is 1.69. The van der Waals surface area contributed by atoms with Gasteiger partial charge >= 0.3 is 0 Å². The number of halogens is 1. The fraction of sp³-hybridized carbons (Fsp3) is 0.310. The fourth-order valence-electron chi connectivity index (χ4n) is 5.47. The van der Waals surface area contributed by atoms with E-state index in [1.165, 1.54) is 12.1 Å². The Morgan fingerprint density at radius 3 is 2.51 bits per heavy atom. The zero-order valence-corrected chi connectivity index (χ0v) is 23.8. The Bertz CT molecular complexity index is 1620. The molecule has 0 unspecified atom stereocenters. The molecule has 3 aromatic rings. The van der Waals surface area contributed by atoms with Crippen molar-refractivity contribution >= 4 is 50.6 Å². The van der Waals surface area contributed by atoms with Crippen LogP contribution in [0.15, 0.2) is 47.4 Å². The van der Waals surface area contributed by atoms with E-state index < -0.39 is 9.84 Å². The number of hydrogen-bond acceptors (Lipinski definition) is 5. The maximum atomic E-state index is 13.5. The highest BCUT2D eigenvalue weighted by molar-refractivity contribution is 7.90. The first-order valence-electron chi connectivity index (χ1n) is 12.8. The number of fused-ring (bicyclic) bond motifs is 1. The van der Waals surface area contributed by atoms with Crippen molar-refractivity contribution in [3.8, 4) is 0 Å². The van der Waals surface area contributed by atoms with Crippen LogP contribution in [0.25, 0.3) is 11.6 Å². The van der Waals surface area contributed by atoms with Crippen LogP contribution in [0.5, 0.6) is 0 Å². The molecule has 3 N–H and O–H groups in total. The van der Waals surface area contributed by atoms with Crippen LogP contribution in [0.3, 0.4) is 0 Å². The molecule has 10 heteroatoms. The van der Waals surface area contributed by atoms with Gasteiger partial charge in [0.15, 0.2) is 9.84 Å². The van der Waals surface area contributed by atoms with E-state index in [0.717, 1.165) is 11.3 Å². The van der Waals surface area contributed by atoms with E-state index in [9.17, 15) is 18.0 Å². The monoisotopic (exact) mass is 566 g/mol. The maximum absolute atomic E-state index is 13.5. The number of carbonyl (C=O) groups excluding carboxylic acids is 2. The van der Waals surface area contributed by atoms with Gasteiger partial charge in [0.05, 0.1) is 21.8 Å². The molecule has 0 saturated carbocycles. The van der Waals surface area contributed by atoms with Crippen LogP contribution in [-0.4, -0.2) is 55.3 Å². The van der Waals surface area contributed by atoms with Crippen LogP contribution in [-0.2, 0) is 20.4 Å². The smallest absolute Gasteiger partial charge is 0.256 e. The number of amides is 2. The second-order valence-electron chi connectivity index (χ2n) is 10.5. The summed E-state index contributed by atoms with van der Waals surface area (Å²) in [7, 11) is -3.70. The van der Waals surface area contributed by atoms with Gasteiger partial charge in [-0.25, -0.2) is 8.42 Å². The number of nitrogens with zero attached hydrogens (tertiary/aromatic N) is 1. The molecule has 0 radical (unpaired) electrons. The molecule has 204 valence electrons. The Hall–Kier alpha value is -3.40. The maximum Gasteiger partial charge on any atom is 0.256 e. The van der Waals surface area contributed by atoms with Crippen LogP contribution < -0.4 is 10.6 Å². The number of rotatable bonds is 5. The number of aromatic amines is 1. The van der Waals surface area contributed by atoms with E-state index in [2.05, 4.69) is 29.5 Å². The molecule has 1 saturated heterocycles. The molecule has 2 aliphatic rings. The predicted molar refractivity (Wildman–Crippen MR) is 154 cm³/mol. The number of H-pyrrole nitrogens is 1. The quantitative estimate of drug-likeness (QED) is 0.392. The Labute approximate surface area is 233 Å². The van der Waals surface area contributed by atoms with Crippen molar-refractivity contribution in [1.29, 1.82) is 0 Å². The van der Waals surface area contributed by atoms with Crippen molar-refractivity contribution in [3.05, 3.63) is 81.1 Å². The molecule has 39 heavy (non-hydrogen) atoms. The molecule has 8 nitrogen and oxygen atoms in total. The topological polar surface area (TPSA) is 111 Å². The largest absolute Gasteiger partial charge is 0.358 e. The summed E-state index contributed by atoms with van der Waals surface area (Å²) >= 11 is 6.03. The van der Waals surface area contributed by atoms with E-state index in [1.54, 1.807) is 36.4 Å². The Balaban J connectivity index is 1.48. The zero-order valence-electron chi connectivity index (χ0n) is 22.3. The summed E-state index contributed by atoms with van der Waals surface area (Å²) in [4.78, 5) is 31.7. The standard InChI is InChI=1S/C29H31ClN4O4S/c1-16-13-34(14-17(2)31-16)29(36)27-18(3)26(32-19(27)4)12-24-23-11-22(8-9-25(23)33-28(24)35)39(37,38)15-20-6-5-7-21(30)10-20/h5-12,16-17,31-32H,13-15H2,1-4H3,(H,33,35)/t16-,17+. The lowest BCUT2D eigenvalue weighted by molar-refractivity contribution is -0.110. The molecule has 2 atom stereocenters. The Morgan fingerprint density at radius 1 is 1.10 bits per heavy atom. The van der Waals surface area contributed by atoms with Gasteiger partial charge in [-0.1, -0.05) is 23.7 Å². The van der Waals surface area contributed by atoms with Gasteiger partial charge in [0.2, 0.25) is 0 Å². The van der Waals surface area contributed by atoms with Crippen LogP contribution in [0.1, 0.15) is 52.3 Å². The van der Waals surface area contributed by atoms with Crippen molar-refractivity contribution in [3.63, 3.8) is 0 Å². The predicted octanol–water partition coefficient (Wildman–Crippen LogP) is 4.57. The van der Waals surface area contributed by atoms with Crippen molar-refractivity contribution in [2.45, 2.75) is 50.4 Å². The molecule has 3 heterocycles. The van der Waals surface area contributed by atoms with E-state index in [-0.39, 0.29) is 34.5 Å². The highest BCUT2D eigenvalue weighted by atomic mass is 35.5. The SMILES string of the molecule is Cc1[nH]c(C=C2C(=O)Nc3ccc(S(=O)(=O)Cc4cccc(Cl)c4)cc32)c(C)c1C(=O)N1C[C@@H](C)N[C@@H](C)C1. The molecule has 1 fully saturated rings. The van der Waals surface area contributed by atoms with Gasteiger partial charge < -0.3 is 20.5 Å². The summed E-state index contributed by atoms with van der Waals surface area (Å²) in [6, 6.07) is 11.8. The second kappa shape index (κ2) is 10.3. The van der Waals surface area contributed by atoms with E-state index in [4.69, 9.17) is 11.6 Å². The number of nitrogens with one attached hydrogen (secondary N) is 3. The minimum Gasteiger partial charge on any atom is -0.358 e. The van der Waals surface area contributed by atoms with Crippen molar-refractivity contribution in [2.24, 2.45) is 0 Å². The second-order valence-corrected chi connectivity index (χ2v) is 12.9. The third-order valence-corrected chi connectivity index (χ3v) is 9.12. The number of aromatic nitrogens is 1. The van der Waals surface area contributed by atoms with E-state index in [1.807, 2.05) is 18.7 Å². The lowest BCUT2D eigenvalue weighted by atomic mass is 10.0. The number of hydrogen-bond donors (Lipinski definition) is 3. The van der Waals surface area contributed by atoms with Gasteiger partial charge in [0, 0.05) is 52.8 Å². The molecule has 0 aliphatic carbocycles. The number of anilines is 1. The average Bonchev–Trinajstić information content (AvgIpc) is 3.31. The average molecular weight is 567 g/mol. The summed E-state index contributed by atoms with van der Waals surface area (Å²) in [5, 5.41) is 6.72. The van der Waals surface area contributed by atoms with Gasteiger partial charge in [0.1, 0.15) is 0 Å². The zero-order chi connectivity index (χ0) is 28.1. The molecule has 2 aliphatic heterocycles. The lowest BCUT2D eigenvalue weighted by Crippen LogP contribution is -2.55. The molecule has 0 bridgehead atoms. The van der Waals surface area contributed by atoms with Crippen molar-refractivity contribution in [2.75, 3.05) is 18.4 Å². The molecule has 2 amide bonds. The van der Waals surface area contributed by atoms with Crippen molar-refractivity contribution < 1.29 is 18.0 Å². The molecule has 2 aromatic carbocycles. The van der Waals surface area contributed by atoms with E-state index >= 15 is 0 Å². The molecule has 5 rings (SSSR count). The van der Waals surface area contributed by atoms with Crippen LogP contribution >= 0.6 is 11.6 Å². The lowest BCUT2D eigenvalue weighted by Gasteiger charge is -2.36. The normalized spacial score (nSPS) is 20.3. The Kier molecular flexibility index (Phi) is 7.17. The highest BCUT2D eigenvalue weighted by Crippen LogP contribution is 2.36. The van der Waals surface area contributed by atoms with E-state index in [0.29, 0.717) is 51.8 Å². The first-order valence-corrected chi connectivity index (χ1v) is 14.8. The number of sulfone groups is 1. The molecule has 1 aromatic heterocycles. The number of piperazine rings is 1. The summed E-state index contributed by atoms with van der Waals surface area (Å²) in [5.74, 6) is -0.591. The summed E-state index contributed by atoms with van der Waals surface area (Å²) in [5.41, 5.74) is 4.64. The highest BCUT2D eigenvalue weighted by Gasteiger charge is 2.30. The van der Waals surface area contributed by atoms with Crippen molar-refractivity contribution in [1.82, 2.24) is 15.2 Å². The number of aryl methyl sites for hydroxylation is 1. The van der Waals surface area contributed by atoms with Gasteiger partial charge in [-0.2, -0.15) is 0 Å². The summed E-state index contributed by atoms with van der Waals surface area (Å²) in [6.45, 7) is 9.06. The third kappa shape index (κ3) is 5.39. The van der Waals surface area contributed by atoms with Crippen LogP contribution in [0.4, 0.5) is 5.69 Å². The first-order chi connectivity index (χ1) is 18.4. The number of carbonyl (C=O) groups is 2. The van der Waals surface area contributed by atoms with Gasteiger partial charge in [-0.3, -0.25) is 9.59 Å². The van der Waals surface area contributed by atoms with Crippen LogP contribution in [0.2, 0.25) is 5.02 Å². The van der Waals surface area contributed by atoms with Gasteiger partial charge in [-0.05, 0) is 75.2 Å². The molecular weight excluding hydrogens is 536 g/mol. The van der Waals surface area contributed by atoms with Crippen LogP contribution in [0, 0.1) is 13.8 Å². The van der Waals surface area contributed by atoms with Gasteiger partial charge in [0.25, 0.3) is 11.8 Å². The molecule has 0 spiro atoms. The summed E-state index contributed by atoms with van der Waals surface area (Å²) < 4.78 is 26.4. The number of benzene rings is 2. The minimum atomic E-state index is -3.70. The third-order valence-electron chi connectivity index (χ3n) is 7.20. The minimum absolute atomic E-state index is 0.0447.